The minimum Gasteiger partial charge on any atom is -0.398 e. The van der Waals surface area contributed by atoms with Crippen LogP contribution in [0, 0.1) is 10.1 Å². The molecule has 1 aromatic carbocycles. The fourth-order valence-corrected chi connectivity index (χ4v) is 1.39. The first-order valence-corrected chi connectivity index (χ1v) is 4.97. The van der Waals surface area contributed by atoms with Crippen molar-refractivity contribution < 1.29 is 14.2 Å². The highest BCUT2D eigenvalue weighted by Gasteiger charge is 2.16. The number of hydrogen-bond acceptors (Lipinski definition) is 7. The highest BCUT2D eigenvalue weighted by molar-refractivity contribution is 5.73. The maximum atomic E-state index is 10.7. The summed E-state index contributed by atoms with van der Waals surface area (Å²) in [4.78, 5) is 14.2. The number of benzene rings is 1. The molecule has 18 heavy (non-hydrogen) atoms. The van der Waals surface area contributed by atoms with Crippen molar-refractivity contribution in [2.75, 3.05) is 12.8 Å². The van der Waals surface area contributed by atoms with E-state index in [4.69, 9.17) is 15.0 Å². The van der Waals surface area contributed by atoms with E-state index in [2.05, 4.69) is 10.1 Å². The number of nitro groups is 1. The van der Waals surface area contributed by atoms with Gasteiger partial charge < -0.3 is 15.0 Å². The van der Waals surface area contributed by atoms with Crippen LogP contribution in [0.5, 0.6) is 0 Å². The smallest absolute Gasteiger partial charge is 0.270 e. The highest BCUT2D eigenvalue weighted by Crippen LogP contribution is 2.28. The lowest BCUT2D eigenvalue weighted by Crippen LogP contribution is -1.94. The summed E-state index contributed by atoms with van der Waals surface area (Å²) >= 11 is 0. The van der Waals surface area contributed by atoms with Crippen LogP contribution in [0.1, 0.15) is 5.82 Å². The third-order valence-electron chi connectivity index (χ3n) is 2.22. The molecule has 94 valence electrons. The number of anilines is 1. The molecule has 0 aliphatic heterocycles. The van der Waals surface area contributed by atoms with Crippen LogP contribution in [0.15, 0.2) is 22.7 Å². The van der Waals surface area contributed by atoms with Gasteiger partial charge in [0.25, 0.3) is 11.6 Å². The predicted molar refractivity (Wildman–Crippen MR) is 61.5 cm³/mol. The second-order valence-electron chi connectivity index (χ2n) is 3.48. The molecule has 0 radical (unpaired) electrons. The van der Waals surface area contributed by atoms with Crippen LogP contribution in [0.2, 0.25) is 0 Å². The molecule has 2 N–H and O–H groups in total. The lowest BCUT2D eigenvalue weighted by Gasteiger charge is -1.99. The highest BCUT2D eigenvalue weighted by atomic mass is 16.6. The zero-order chi connectivity index (χ0) is 13.1. The molecule has 1 aromatic heterocycles. The number of nitro benzene ring substituents is 1. The van der Waals surface area contributed by atoms with Crippen LogP contribution in [0.3, 0.4) is 0 Å². The van der Waals surface area contributed by atoms with E-state index in [9.17, 15) is 10.1 Å². The average molecular weight is 250 g/mol. The second kappa shape index (κ2) is 4.80. The molecule has 0 spiro atoms. The SMILES string of the molecule is COCc1noc(-c2cc([N+](=O)[O-])ccc2N)n1. The van der Waals surface area contributed by atoms with Crippen molar-refractivity contribution in [3.63, 3.8) is 0 Å². The Balaban J connectivity index is 2.41. The zero-order valence-electron chi connectivity index (χ0n) is 9.49. The van der Waals surface area contributed by atoms with Crippen molar-refractivity contribution in [3.8, 4) is 11.5 Å². The van der Waals surface area contributed by atoms with Crippen LogP contribution in [0.4, 0.5) is 11.4 Å². The van der Waals surface area contributed by atoms with E-state index in [1.54, 1.807) is 0 Å². The number of methoxy groups -OCH3 is 1. The van der Waals surface area contributed by atoms with Gasteiger partial charge in [0.05, 0.1) is 10.5 Å². The molecule has 8 heteroatoms. The number of hydrogen-bond donors (Lipinski definition) is 1. The molecule has 0 unspecified atom stereocenters. The number of rotatable bonds is 4. The van der Waals surface area contributed by atoms with Gasteiger partial charge in [-0.05, 0) is 6.07 Å². The lowest BCUT2D eigenvalue weighted by atomic mass is 10.1. The molecule has 0 saturated heterocycles. The van der Waals surface area contributed by atoms with E-state index in [1.807, 2.05) is 0 Å². The number of non-ortho nitro benzene ring substituents is 1. The Kier molecular flexibility index (Phi) is 3.20. The summed E-state index contributed by atoms with van der Waals surface area (Å²) in [7, 11) is 1.50. The molecule has 0 aliphatic carbocycles. The van der Waals surface area contributed by atoms with Crippen molar-refractivity contribution in [3.05, 3.63) is 34.1 Å². The van der Waals surface area contributed by atoms with Gasteiger partial charge in [-0.2, -0.15) is 4.98 Å². The number of nitrogens with two attached hydrogens (primary N) is 1. The first-order valence-electron chi connectivity index (χ1n) is 4.97. The van der Waals surface area contributed by atoms with E-state index in [0.717, 1.165) is 0 Å². The first-order chi connectivity index (χ1) is 8.61. The topological polar surface area (TPSA) is 117 Å². The van der Waals surface area contributed by atoms with E-state index < -0.39 is 4.92 Å². The van der Waals surface area contributed by atoms with Crippen LogP contribution < -0.4 is 5.73 Å². The normalized spacial score (nSPS) is 10.5. The van der Waals surface area contributed by atoms with Gasteiger partial charge in [-0.3, -0.25) is 10.1 Å². The van der Waals surface area contributed by atoms with Gasteiger partial charge in [-0.25, -0.2) is 0 Å². The van der Waals surface area contributed by atoms with Gasteiger partial charge in [0.15, 0.2) is 5.82 Å². The molecule has 2 aromatic rings. The maximum absolute atomic E-state index is 10.7. The monoisotopic (exact) mass is 250 g/mol. The van der Waals surface area contributed by atoms with Crippen molar-refractivity contribution in [2.24, 2.45) is 0 Å². The lowest BCUT2D eigenvalue weighted by molar-refractivity contribution is -0.384. The molecule has 0 fully saturated rings. The second-order valence-corrected chi connectivity index (χ2v) is 3.48. The third-order valence-corrected chi connectivity index (χ3v) is 2.22. The van der Waals surface area contributed by atoms with E-state index >= 15 is 0 Å². The van der Waals surface area contributed by atoms with Crippen LogP contribution in [-0.2, 0) is 11.3 Å². The summed E-state index contributed by atoms with van der Waals surface area (Å²) in [5, 5.41) is 14.3. The van der Waals surface area contributed by atoms with Gasteiger partial charge in [-0.15, -0.1) is 0 Å². The van der Waals surface area contributed by atoms with E-state index in [1.165, 1.54) is 25.3 Å². The summed E-state index contributed by atoms with van der Waals surface area (Å²) in [5.74, 6) is 0.474. The molecule has 2 rings (SSSR count). The third kappa shape index (κ3) is 2.28. The fraction of sp³-hybridized carbons (Fsp3) is 0.200. The van der Waals surface area contributed by atoms with Crippen LogP contribution in [0.25, 0.3) is 11.5 Å². The van der Waals surface area contributed by atoms with Gasteiger partial charge in [0, 0.05) is 24.9 Å². The Labute approximate surface area is 102 Å². The molecule has 0 aliphatic rings. The number of nitrogens with zero attached hydrogens (tertiary/aromatic N) is 3. The van der Waals surface area contributed by atoms with Gasteiger partial charge in [0.1, 0.15) is 6.61 Å². The Hall–Kier alpha value is -2.48. The van der Waals surface area contributed by atoms with Crippen LogP contribution in [-0.4, -0.2) is 22.2 Å². The quantitative estimate of drug-likeness (QED) is 0.494. The Bertz CT molecular complexity index is 581. The molecule has 8 nitrogen and oxygen atoms in total. The Morgan fingerprint density at radius 3 is 3.00 bits per heavy atom. The number of nitrogen functional groups attached to an aromatic ring is 1. The van der Waals surface area contributed by atoms with Crippen molar-refractivity contribution in [1.82, 2.24) is 10.1 Å². The summed E-state index contributed by atoms with van der Waals surface area (Å²) in [6, 6.07) is 4.03. The van der Waals surface area contributed by atoms with Crippen LogP contribution >= 0.6 is 0 Å². The van der Waals surface area contributed by atoms with E-state index in [-0.39, 0.29) is 18.2 Å². The maximum Gasteiger partial charge on any atom is 0.270 e. The standard InChI is InChI=1S/C10H10N4O4/c1-17-5-9-12-10(18-13-9)7-4-6(14(15)16)2-3-8(7)11/h2-4H,5,11H2,1H3. The molecular weight excluding hydrogens is 240 g/mol. The molecular formula is C10H10N4O4. The molecule has 0 bridgehead atoms. The Morgan fingerprint density at radius 2 is 2.33 bits per heavy atom. The Morgan fingerprint density at radius 1 is 1.56 bits per heavy atom. The predicted octanol–water partition coefficient (Wildman–Crippen LogP) is 1.37. The average Bonchev–Trinajstić information content (AvgIpc) is 2.78. The minimum atomic E-state index is -0.518. The number of aromatic nitrogens is 2. The summed E-state index contributed by atoms with van der Waals surface area (Å²) in [6.07, 6.45) is 0. The van der Waals surface area contributed by atoms with Gasteiger partial charge in [-0.1, -0.05) is 5.16 Å². The summed E-state index contributed by atoms with van der Waals surface area (Å²) < 4.78 is 9.82. The largest absolute Gasteiger partial charge is 0.398 e. The van der Waals surface area contributed by atoms with Crippen molar-refractivity contribution in [2.45, 2.75) is 6.61 Å². The van der Waals surface area contributed by atoms with Crippen molar-refractivity contribution >= 4 is 11.4 Å². The molecule has 0 amide bonds. The van der Waals surface area contributed by atoms with Crippen molar-refractivity contribution in [1.29, 1.82) is 0 Å². The fourth-order valence-electron chi connectivity index (χ4n) is 1.39. The molecule has 0 saturated carbocycles. The first kappa shape index (κ1) is 12.0. The van der Waals surface area contributed by atoms with E-state index in [0.29, 0.717) is 17.1 Å². The summed E-state index contributed by atoms with van der Waals surface area (Å²) in [6.45, 7) is 0.193. The summed E-state index contributed by atoms with van der Waals surface area (Å²) in [5.41, 5.74) is 6.29. The number of ether oxygens (including phenoxy) is 1. The molecule has 0 atom stereocenters. The van der Waals surface area contributed by atoms with Gasteiger partial charge in [0.2, 0.25) is 0 Å². The zero-order valence-corrected chi connectivity index (χ0v) is 9.49. The molecule has 1 heterocycles. The van der Waals surface area contributed by atoms with Gasteiger partial charge >= 0.3 is 0 Å². The minimum absolute atomic E-state index is 0.0920.